The molecule has 24 heavy (non-hydrogen) atoms. The van der Waals surface area contributed by atoms with E-state index in [1.165, 1.54) is 30.6 Å². The number of carbonyl (C=O) groups is 1. The number of hydrogen-bond acceptors (Lipinski definition) is 5. The second kappa shape index (κ2) is 8.46. The van der Waals surface area contributed by atoms with Crippen molar-refractivity contribution >= 4 is 34.0 Å². The van der Waals surface area contributed by atoms with E-state index in [9.17, 15) is 4.79 Å². The number of carbonyl (C=O) groups excluding carboxylic acids is 1. The molecule has 1 aliphatic heterocycles. The maximum Gasteiger partial charge on any atom is 0.264 e. The van der Waals surface area contributed by atoms with Crippen LogP contribution in [0.1, 0.15) is 25.0 Å². The van der Waals surface area contributed by atoms with Gasteiger partial charge >= 0.3 is 0 Å². The number of aromatic nitrogens is 1. The van der Waals surface area contributed by atoms with Crippen LogP contribution in [0.25, 0.3) is 0 Å². The van der Waals surface area contributed by atoms with Crippen molar-refractivity contribution in [2.45, 2.75) is 25.8 Å². The molecule has 0 atom stereocenters. The van der Waals surface area contributed by atoms with Gasteiger partial charge in [-0.05, 0) is 50.2 Å². The molecule has 0 spiro atoms. The Balaban J connectivity index is 1.45. The van der Waals surface area contributed by atoms with Crippen LogP contribution < -0.4 is 10.1 Å². The van der Waals surface area contributed by atoms with Gasteiger partial charge in [-0.25, -0.2) is 4.98 Å². The summed E-state index contributed by atoms with van der Waals surface area (Å²) in [5.41, 5.74) is 1.01. The topological polar surface area (TPSA) is 54.5 Å². The monoisotopic (exact) mass is 365 g/mol. The highest BCUT2D eigenvalue weighted by Gasteiger charge is 2.13. The minimum atomic E-state index is -0.219. The largest absolute Gasteiger partial charge is 0.484 e. The van der Waals surface area contributed by atoms with Gasteiger partial charge in [0, 0.05) is 16.9 Å². The first-order valence-electron chi connectivity index (χ1n) is 8.04. The molecule has 1 N–H and O–H groups in total. The molecule has 128 valence electrons. The second-order valence-electron chi connectivity index (χ2n) is 5.77. The van der Waals surface area contributed by atoms with Crippen LogP contribution in [0.2, 0.25) is 5.02 Å². The molecule has 2 aromatic rings. The maximum atomic E-state index is 11.9. The van der Waals surface area contributed by atoms with E-state index in [1.807, 2.05) is 5.38 Å². The molecule has 1 amide bonds. The number of ether oxygens (including phenoxy) is 1. The zero-order valence-corrected chi connectivity index (χ0v) is 14.9. The fourth-order valence-electron chi connectivity index (χ4n) is 2.62. The smallest absolute Gasteiger partial charge is 0.264 e. The summed E-state index contributed by atoms with van der Waals surface area (Å²) in [7, 11) is 0. The van der Waals surface area contributed by atoms with E-state index in [0.29, 0.717) is 15.9 Å². The molecule has 0 aliphatic carbocycles. The quantitative estimate of drug-likeness (QED) is 0.845. The Hall–Kier alpha value is -1.63. The number of hydrogen-bond donors (Lipinski definition) is 1. The van der Waals surface area contributed by atoms with Crippen molar-refractivity contribution < 1.29 is 9.53 Å². The summed E-state index contributed by atoms with van der Waals surface area (Å²) in [5, 5.41) is 6.04. The van der Waals surface area contributed by atoms with Crippen LogP contribution in [-0.2, 0) is 11.3 Å². The Kier molecular flexibility index (Phi) is 6.07. The number of piperidine rings is 1. The van der Waals surface area contributed by atoms with Crippen molar-refractivity contribution in [2.24, 2.45) is 0 Å². The highest BCUT2D eigenvalue weighted by Crippen LogP contribution is 2.19. The van der Waals surface area contributed by atoms with Crippen molar-refractivity contribution in [3.63, 3.8) is 0 Å². The number of benzene rings is 1. The van der Waals surface area contributed by atoms with E-state index in [0.717, 1.165) is 25.3 Å². The SMILES string of the molecule is O=C(COc1ccc(Cl)cc1)Nc1nc(CN2CCCCC2)cs1. The molecule has 0 radical (unpaired) electrons. The zero-order chi connectivity index (χ0) is 16.8. The summed E-state index contributed by atoms with van der Waals surface area (Å²) in [4.78, 5) is 18.8. The Bertz CT molecular complexity index is 669. The minimum absolute atomic E-state index is 0.0529. The lowest BCUT2D eigenvalue weighted by atomic mass is 10.1. The summed E-state index contributed by atoms with van der Waals surface area (Å²) in [5.74, 6) is 0.392. The molecule has 1 fully saturated rings. The standard InChI is InChI=1S/C17H20ClN3O2S/c18-13-4-6-15(7-5-13)23-11-16(22)20-17-19-14(12-24-17)10-21-8-2-1-3-9-21/h4-7,12H,1-3,8-11H2,(H,19,20,22). The molecule has 1 saturated heterocycles. The third-order valence-electron chi connectivity index (χ3n) is 3.82. The highest BCUT2D eigenvalue weighted by atomic mass is 35.5. The van der Waals surface area contributed by atoms with Crippen molar-refractivity contribution in [3.05, 3.63) is 40.4 Å². The van der Waals surface area contributed by atoms with E-state index >= 15 is 0 Å². The fourth-order valence-corrected chi connectivity index (χ4v) is 3.46. The third kappa shape index (κ3) is 5.19. The molecule has 7 heteroatoms. The van der Waals surface area contributed by atoms with Gasteiger partial charge in [0.1, 0.15) is 5.75 Å². The molecule has 5 nitrogen and oxygen atoms in total. The lowest BCUT2D eigenvalue weighted by molar-refractivity contribution is -0.118. The van der Waals surface area contributed by atoms with Crippen LogP contribution in [0, 0.1) is 0 Å². The number of rotatable bonds is 6. The second-order valence-corrected chi connectivity index (χ2v) is 7.07. The van der Waals surface area contributed by atoms with E-state index in [1.54, 1.807) is 24.3 Å². The van der Waals surface area contributed by atoms with Crippen LogP contribution in [0.15, 0.2) is 29.6 Å². The first-order valence-corrected chi connectivity index (χ1v) is 9.30. The van der Waals surface area contributed by atoms with E-state index in [-0.39, 0.29) is 12.5 Å². The van der Waals surface area contributed by atoms with Crippen LogP contribution in [-0.4, -0.2) is 35.5 Å². The van der Waals surface area contributed by atoms with E-state index in [2.05, 4.69) is 15.2 Å². The Labute approximate surface area is 150 Å². The molecule has 2 heterocycles. The average Bonchev–Trinajstić information content (AvgIpc) is 3.02. The van der Waals surface area contributed by atoms with Gasteiger partial charge in [-0.15, -0.1) is 11.3 Å². The molecule has 0 saturated carbocycles. The van der Waals surface area contributed by atoms with Crippen molar-refractivity contribution in [1.29, 1.82) is 0 Å². The predicted molar refractivity (Wildman–Crippen MR) is 96.8 cm³/mol. The van der Waals surface area contributed by atoms with Crippen LogP contribution in [0.3, 0.4) is 0 Å². The molecular weight excluding hydrogens is 346 g/mol. The molecule has 0 bridgehead atoms. The molecular formula is C17H20ClN3O2S. The number of thiazole rings is 1. The van der Waals surface area contributed by atoms with Crippen molar-refractivity contribution in [2.75, 3.05) is 25.0 Å². The van der Waals surface area contributed by atoms with Gasteiger partial charge in [0.15, 0.2) is 11.7 Å². The van der Waals surface area contributed by atoms with Gasteiger partial charge in [0.05, 0.1) is 5.69 Å². The van der Waals surface area contributed by atoms with Gasteiger partial charge in [-0.3, -0.25) is 15.0 Å². The molecule has 0 unspecified atom stereocenters. The van der Waals surface area contributed by atoms with Crippen LogP contribution in [0.4, 0.5) is 5.13 Å². The van der Waals surface area contributed by atoms with Crippen molar-refractivity contribution in [3.8, 4) is 5.75 Å². The lowest BCUT2D eigenvalue weighted by Crippen LogP contribution is -2.29. The summed E-state index contributed by atoms with van der Waals surface area (Å²) in [6.45, 7) is 3.07. The summed E-state index contributed by atoms with van der Waals surface area (Å²) in [6, 6.07) is 6.91. The number of amides is 1. The molecule has 3 rings (SSSR count). The normalized spacial score (nSPS) is 15.2. The number of anilines is 1. The Morgan fingerprint density at radius 3 is 2.75 bits per heavy atom. The Morgan fingerprint density at radius 2 is 2.00 bits per heavy atom. The van der Waals surface area contributed by atoms with Gasteiger partial charge in [0.2, 0.25) is 0 Å². The number of likely N-dealkylation sites (tertiary alicyclic amines) is 1. The fraction of sp³-hybridized carbons (Fsp3) is 0.412. The summed E-state index contributed by atoms with van der Waals surface area (Å²) >= 11 is 7.26. The van der Waals surface area contributed by atoms with Crippen molar-refractivity contribution in [1.82, 2.24) is 9.88 Å². The average molecular weight is 366 g/mol. The van der Waals surface area contributed by atoms with Gasteiger partial charge < -0.3 is 4.74 Å². The molecule has 1 aromatic heterocycles. The number of nitrogens with zero attached hydrogens (tertiary/aromatic N) is 2. The molecule has 1 aliphatic rings. The third-order valence-corrected chi connectivity index (χ3v) is 4.87. The van der Waals surface area contributed by atoms with E-state index in [4.69, 9.17) is 16.3 Å². The minimum Gasteiger partial charge on any atom is -0.484 e. The van der Waals surface area contributed by atoms with Crippen LogP contribution in [0.5, 0.6) is 5.75 Å². The van der Waals surface area contributed by atoms with Gasteiger partial charge in [-0.1, -0.05) is 18.0 Å². The first-order chi connectivity index (χ1) is 11.7. The predicted octanol–water partition coefficient (Wildman–Crippen LogP) is 3.80. The summed E-state index contributed by atoms with van der Waals surface area (Å²) in [6.07, 6.45) is 3.84. The number of halogens is 1. The van der Waals surface area contributed by atoms with E-state index < -0.39 is 0 Å². The highest BCUT2D eigenvalue weighted by molar-refractivity contribution is 7.13. The zero-order valence-electron chi connectivity index (χ0n) is 13.3. The lowest BCUT2D eigenvalue weighted by Gasteiger charge is -2.25. The maximum absolute atomic E-state index is 11.9. The first kappa shape index (κ1) is 17.2. The summed E-state index contributed by atoms with van der Waals surface area (Å²) < 4.78 is 5.42. The Morgan fingerprint density at radius 1 is 1.25 bits per heavy atom. The number of nitrogens with one attached hydrogen (secondary N) is 1. The van der Waals surface area contributed by atoms with Gasteiger partial charge in [0.25, 0.3) is 5.91 Å². The molecule has 1 aromatic carbocycles. The van der Waals surface area contributed by atoms with Crippen LogP contribution >= 0.6 is 22.9 Å². The van der Waals surface area contributed by atoms with Gasteiger partial charge in [-0.2, -0.15) is 0 Å².